The van der Waals surface area contributed by atoms with Gasteiger partial charge in [-0.2, -0.15) is 0 Å². The highest BCUT2D eigenvalue weighted by Gasteiger charge is 2.07. The molecule has 1 aromatic carbocycles. The van der Waals surface area contributed by atoms with Gasteiger partial charge in [-0.1, -0.05) is 12.1 Å². The predicted molar refractivity (Wildman–Crippen MR) is 76.8 cm³/mol. The van der Waals surface area contributed by atoms with Crippen molar-refractivity contribution in [3.05, 3.63) is 40.4 Å². The maximum atomic E-state index is 5.44. The summed E-state index contributed by atoms with van der Waals surface area (Å²) in [6.45, 7) is 4.76. The van der Waals surface area contributed by atoms with Crippen molar-refractivity contribution in [2.75, 3.05) is 19.0 Å². The number of aryl methyl sites for hydroxylation is 1. The Morgan fingerprint density at radius 2 is 2.00 bits per heavy atom. The molecule has 0 saturated carbocycles. The average Bonchev–Trinajstić information content (AvgIpc) is 2.73. The molecule has 0 spiro atoms. The van der Waals surface area contributed by atoms with Crippen LogP contribution in [0.5, 0.6) is 5.75 Å². The highest BCUT2D eigenvalue weighted by atomic mass is 32.1. The number of ether oxygens (including phenoxy) is 1. The summed E-state index contributed by atoms with van der Waals surface area (Å²) in [7, 11) is 1.90. The maximum Gasteiger partial charge on any atom is 0.182 e. The Kier molecular flexibility index (Phi) is 4.20. The van der Waals surface area contributed by atoms with Crippen molar-refractivity contribution in [3.8, 4) is 5.75 Å². The fourth-order valence-corrected chi connectivity index (χ4v) is 2.70. The first kappa shape index (κ1) is 12.9. The summed E-state index contributed by atoms with van der Waals surface area (Å²) in [5.74, 6) is 0.929. The zero-order valence-corrected chi connectivity index (χ0v) is 11.8. The molecule has 1 aromatic heterocycles. The van der Waals surface area contributed by atoms with E-state index in [9.17, 15) is 0 Å². The number of thiazole rings is 1. The molecule has 4 heteroatoms. The second-order valence-electron chi connectivity index (χ2n) is 4.03. The molecule has 3 nitrogen and oxygen atoms in total. The second-order valence-corrected chi connectivity index (χ2v) is 5.11. The normalized spacial score (nSPS) is 10.4. The fraction of sp³-hybridized carbons (Fsp3) is 0.357. The van der Waals surface area contributed by atoms with Crippen LogP contribution in [0.1, 0.15) is 23.1 Å². The Hall–Kier alpha value is -1.55. The Labute approximate surface area is 112 Å². The lowest BCUT2D eigenvalue weighted by Gasteiger charge is -2.04. The van der Waals surface area contributed by atoms with Crippen LogP contribution < -0.4 is 10.1 Å². The smallest absolute Gasteiger partial charge is 0.182 e. The molecule has 96 valence electrons. The van der Waals surface area contributed by atoms with Gasteiger partial charge >= 0.3 is 0 Å². The number of aromatic nitrogens is 1. The first-order valence-corrected chi connectivity index (χ1v) is 6.90. The summed E-state index contributed by atoms with van der Waals surface area (Å²) < 4.78 is 5.44. The molecule has 1 N–H and O–H groups in total. The van der Waals surface area contributed by atoms with Crippen LogP contribution in [0.2, 0.25) is 0 Å². The third-order valence-electron chi connectivity index (χ3n) is 2.71. The van der Waals surface area contributed by atoms with Crippen molar-refractivity contribution >= 4 is 16.5 Å². The van der Waals surface area contributed by atoms with Gasteiger partial charge in [0.1, 0.15) is 5.75 Å². The van der Waals surface area contributed by atoms with Gasteiger partial charge in [0.05, 0.1) is 12.3 Å². The summed E-state index contributed by atoms with van der Waals surface area (Å²) >= 11 is 1.72. The molecule has 0 aliphatic carbocycles. The van der Waals surface area contributed by atoms with Crippen LogP contribution in [-0.4, -0.2) is 18.6 Å². The quantitative estimate of drug-likeness (QED) is 0.895. The standard InChI is InChI=1S/C14H18N2OS/c1-4-17-12-7-5-11(6-8-12)9-13-10(2)16-14(15-3)18-13/h5-8H,4,9H2,1-3H3,(H,15,16). The first-order valence-electron chi connectivity index (χ1n) is 6.08. The molecule has 0 bridgehead atoms. The summed E-state index contributed by atoms with van der Waals surface area (Å²) in [5.41, 5.74) is 2.39. The largest absolute Gasteiger partial charge is 0.494 e. The van der Waals surface area contributed by atoms with Crippen molar-refractivity contribution < 1.29 is 4.74 Å². The molecule has 2 aromatic rings. The number of rotatable bonds is 5. The maximum absolute atomic E-state index is 5.44. The highest BCUT2D eigenvalue weighted by molar-refractivity contribution is 7.15. The minimum Gasteiger partial charge on any atom is -0.494 e. The van der Waals surface area contributed by atoms with Gasteiger partial charge in [0, 0.05) is 18.3 Å². The molecule has 0 saturated heterocycles. The van der Waals surface area contributed by atoms with Crippen molar-refractivity contribution in [2.45, 2.75) is 20.3 Å². The zero-order chi connectivity index (χ0) is 13.0. The van der Waals surface area contributed by atoms with Gasteiger partial charge in [-0.15, -0.1) is 11.3 Å². The number of hydrogen-bond acceptors (Lipinski definition) is 4. The lowest BCUT2D eigenvalue weighted by molar-refractivity contribution is 0.340. The summed E-state index contributed by atoms with van der Waals surface area (Å²) in [5, 5.41) is 4.07. The van der Waals surface area contributed by atoms with E-state index < -0.39 is 0 Å². The molecule has 2 rings (SSSR count). The lowest BCUT2D eigenvalue weighted by Crippen LogP contribution is -1.92. The molecule has 18 heavy (non-hydrogen) atoms. The van der Waals surface area contributed by atoms with E-state index in [1.807, 2.05) is 26.1 Å². The number of nitrogens with zero attached hydrogens (tertiary/aromatic N) is 1. The van der Waals surface area contributed by atoms with E-state index in [0.717, 1.165) is 23.0 Å². The molecule has 0 amide bonds. The molecule has 0 aliphatic rings. The molecular formula is C14H18N2OS. The minimum atomic E-state index is 0.707. The van der Waals surface area contributed by atoms with Crippen LogP contribution in [0.4, 0.5) is 5.13 Å². The Morgan fingerprint density at radius 3 is 2.56 bits per heavy atom. The van der Waals surface area contributed by atoms with Crippen LogP contribution in [0.25, 0.3) is 0 Å². The van der Waals surface area contributed by atoms with E-state index in [4.69, 9.17) is 4.74 Å². The number of anilines is 1. The van der Waals surface area contributed by atoms with Crippen molar-refractivity contribution in [2.24, 2.45) is 0 Å². The number of nitrogens with one attached hydrogen (secondary N) is 1. The van der Waals surface area contributed by atoms with Gasteiger partial charge in [0.15, 0.2) is 5.13 Å². The molecule has 0 fully saturated rings. The first-order chi connectivity index (χ1) is 8.72. The summed E-state index contributed by atoms with van der Waals surface area (Å²) in [6, 6.07) is 8.27. The molecule has 0 radical (unpaired) electrons. The SMILES string of the molecule is CCOc1ccc(Cc2sc(NC)nc2C)cc1. The predicted octanol–water partition coefficient (Wildman–Crippen LogP) is 3.48. The highest BCUT2D eigenvalue weighted by Crippen LogP contribution is 2.25. The van der Waals surface area contributed by atoms with Crippen molar-refractivity contribution in [3.63, 3.8) is 0 Å². The van der Waals surface area contributed by atoms with E-state index in [-0.39, 0.29) is 0 Å². The zero-order valence-electron chi connectivity index (χ0n) is 11.0. The van der Waals surface area contributed by atoms with Crippen LogP contribution >= 0.6 is 11.3 Å². The van der Waals surface area contributed by atoms with Gasteiger partial charge < -0.3 is 10.1 Å². The van der Waals surface area contributed by atoms with Gasteiger partial charge in [-0.25, -0.2) is 4.98 Å². The third-order valence-corrected chi connectivity index (χ3v) is 3.88. The Bertz CT molecular complexity index is 505. The van der Waals surface area contributed by atoms with E-state index in [1.54, 1.807) is 11.3 Å². The van der Waals surface area contributed by atoms with Crippen LogP contribution in [0.15, 0.2) is 24.3 Å². The Balaban J connectivity index is 2.10. The lowest BCUT2D eigenvalue weighted by atomic mass is 10.1. The van der Waals surface area contributed by atoms with E-state index in [0.29, 0.717) is 6.61 Å². The molecule has 0 atom stereocenters. The van der Waals surface area contributed by atoms with Gasteiger partial charge in [0.25, 0.3) is 0 Å². The molecule has 1 heterocycles. The molecule has 0 aliphatic heterocycles. The third kappa shape index (κ3) is 3.01. The van der Waals surface area contributed by atoms with Gasteiger partial charge in [0.2, 0.25) is 0 Å². The van der Waals surface area contributed by atoms with Crippen LogP contribution in [-0.2, 0) is 6.42 Å². The van der Waals surface area contributed by atoms with Crippen LogP contribution in [0.3, 0.4) is 0 Å². The van der Waals surface area contributed by atoms with Crippen molar-refractivity contribution in [1.82, 2.24) is 4.98 Å². The number of hydrogen-bond donors (Lipinski definition) is 1. The van der Waals surface area contributed by atoms with Crippen LogP contribution in [0, 0.1) is 6.92 Å². The van der Waals surface area contributed by atoms with Crippen molar-refractivity contribution in [1.29, 1.82) is 0 Å². The van der Waals surface area contributed by atoms with Gasteiger partial charge in [-0.05, 0) is 31.5 Å². The van der Waals surface area contributed by atoms with E-state index in [1.165, 1.54) is 10.4 Å². The number of benzene rings is 1. The minimum absolute atomic E-state index is 0.707. The average molecular weight is 262 g/mol. The van der Waals surface area contributed by atoms with E-state index in [2.05, 4.69) is 29.4 Å². The fourth-order valence-electron chi connectivity index (χ4n) is 1.75. The summed E-state index contributed by atoms with van der Waals surface area (Å²) in [6.07, 6.45) is 0.928. The summed E-state index contributed by atoms with van der Waals surface area (Å²) in [4.78, 5) is 5.76. The monoisotopic (exact) mass is 262 g/mol. The Morgan fingerprint density at radius 1 is 1.28 bits per heavy atom. The van der Waals surface area contributed by atoms with E-state index >= 15 is 0 Å². The topological polar surface area (TPSA) is 34.1 Å². The molecular weight excluding hydrogens is 244 g/mol. The second kappa shape index (κ2) is 5.87. The van der Waals surface area contributed by atoms with Gasteiger partial charge in [-0.3, -0.25) is 0 Å². The molecule has 0 unspecified atom stereocenters.